The molecule has 0 aromatic heterocycles. The molecule has 0 heterocycles. The molecule has 9 heteroatoms. The standard InChI is InChI=1S/C6H8O8.K.H/c7-3(8)1-6(14-13,5(11)12)2-4(9)10;;/h13H,1-2H2,(H,7,8)(H,9,10)(H,11,12);;/q;+1;-1. The minimum absolute atomic E-state index is 0. The van der Waals surface area contributed by atoms with Gasteiger partial charge in [0.25, 0.3) is 0 Å². The number of hydrogen-bond donors (Lipinski definition) is 4. The first-order chi connectivity index (χ1) is 6.34. The number of carbonyl (C=O) groups is 3. The van der Waals surface area contributed by atoms with Crippen LogP contribution in [0, 0.1) is 0 Å². The van der Waals surface area contributed by atoms with E-state index in [4.69, 9.17) is 20.6 Å². The van der Waals surface area contributed by atoms with Crippen molar-refractivity contribution in [3.8, 4) is 0 Å². The van der Waals surface area contributed by atoms with Crippen molar-refractivity contribution < 1.29 is 92.7 Å². The maximum atomic E-state index is 10.5. The zero-order chi connectivity index (χ0) is 11.4. The van der Waals surface area contributed by atoms with E-state index in [0.717, 1.165) is 0 Å². The van der Waals surface area contributed by atoms with Crippen LogP contribution < -0.4 is 51.4 Å². The zero-order valence-corrected chi connectivity index (χ0v) is 11.0. The maximum Gasteiger partial charge on any atom is 1.00 e. The summed E-state index contributed by atoms with van der Waals surface area (Å²) in [5, 5.41) is 33.3. The van der Waals surface area contributed by atoms with Crippen LogP contribution in [0.1, 0.15) is 14.3 Å². The average molecular weight is 248 g/mol. The molecule has 0 unspecified atom stereocenters. The molecule has 4 N–H and O–H groups in total. The molecule has 15 heavy (non-hydrogen) atoms. The summed E-state index contributed by atoms with van der Waals surface area (Å²) in [5.74, 6) is -5.05. The molecule has 0 aliphatic carbocycles. The number of carboxylic acid groups (broad SMARTS) is 3. The average Bonchev–Trinajstić information content (AvgIpc) is 2.00. The summed E-state index contributed by atoms with van der Waals surface area (Å²) in [7, 11) is 0. The summed E-state index contributed by atoms with van der Waals surface area (Å²) in [6.07, 6.45) is -2.30. The summed E-state index contributed by atoms with van der Waals surface area (Å²) >= 11 is 0. The van der Waals surface area contributed by atoms with Gasteiger partial charge < -0.3 is 16.7 Å². The normalized spacial score (nSPS) is 10.2. The van der Waals surface area contributed by atoms with Crippen molar-refractivity contribution >= 4 is 17.9 Å². The molecule has 0 saturated carbocycles. The fourth-order valence-corrected chi connectivity index (χ4v) is 0.806. The zero-order valence-electron chi connectivity index (χ0n) is 8.84. The second-order valence-corrected chi connectivity index (χ2v) is 2.53. The van der Waals surface area contributed by atoms with Crippen molar-refractivity contribution in [2.24, 2.45) is 0 Å². The first kappa shape index (κ1) is 17.4. The molecule has 0 bridgehead atoms. The predicted octanol–water partition coefficient (Wildman–Crippen LogP) is -3.63. The van der Waals surface area contributed by atoms with E-state index in [1.54, 1.807) is 0 Å². The van der Waals surface area contributed by atoms with Crippen LogP contribution >= 0.6 is 0 Å². The summed E-state index contributed by atoms with van der Waals surface area (Å²) in [5.41, 5.74) is -2.64. The minimum Gasteiger partial charge on any atom is -1.00 e. The monoisotopic (exact) mass is 248 g/mol. The fraction of sp³-hybridized carbons (Fsp3) is 0.500. The van der Waals surface area contributed by atoms with Gasteiger partial charge in [-0.15, -0.1) is 0 Å². The van der Waals surface area contributed by atoms with Gasteiger partial charge >= 0.3 is 69.3 Å². The summed E-state index contributed by atoms with van der Waals surface area (Å²) < 4.78 is 0. The Bertz CT molecular complexity index is 251. The topological polar surface area (TPSA) is 141 Å². The van der Waals surface area contributed by atoms with E-state index >= 15 is 0 Å². The van der Waals surface area contributed by atoms with E-state index in [9.17, 15) is 14.4 Å². The van der Waals surface area contributed by atoms with Gasteiger partial charge in [-0.25, -0.2) is 9.68 Å². The molecule has 8 nitrogen and oxygen atoms in total. The van der Waals surface area contributed by atoms with Crippen LogP contribution in [0.2, 0.25) is 0 Å². The number of carboxylic acids is 3. The summed E-state index contributed by atoms with van der Waals surface area (Å²) in [6, 6.07) is 0. The van der Waals surface area contributed by atoms with Crippen molar-refractivity contribution in [3.63, 3.8) is 0 Å². The van der Waals surface area contributed by atoms with Crippen molar-refractivity contribution in [2.45, 2.75) is 18.4 Å². The Morgan fingerprint density at radius 2 is 1.40 bits per heavy atom. The molecule has 0 aliphatic rings. The van der Waals surface area contributed by atoms with E-state index in [1.807, 2.05) is 0 Å². The van der Waals surface area contributed by atoms with Gasteiger partial charge in [0, 0.05) is 0 Å². The van der Waals surface area contributed by atoms with Gasteiger partial charge in [-0.05, 0) is 0 Å². The molecule has 0 spiro atoms. The van der Waals surface area contributed by atoms with Crippen LogP contribution in [0.4, 0.5) is 0 Å². The molecule has 82 valence electrons. The Labute approximate surface area is 128 Å². The van der Waals surface area contributed by atoms with E-state index in [-0.39, 0.29) is 52.8 Å². The Morgan fingerprint density at radius 1 is 1.07 bits per heavy atom. The molecule has 0 atom stereocenters. The van der Waals surface area contributed by atoms with Crippen molar-refractivity contribution in [1.82, 2.24) is 0 Å². The molecule has 0 fully saturated rings. The van der Waals surface area contributed by atoms with Crippen LogP contribution in [0.15, 0.2) is 0 Å². The molecule has 0 amide bonds. The third kappa shape index (κ3) is 5.56. The van der Waals surface area contributed by atoms with Crippen LogP contribution in [0.25, 0.3) is 0 Å². The minimum atomic E-state index is -2.64. The van der Waals surface area contributed by atoms with Crippen molar-refractivity contribution in [1.29, 1.82) is 0 Å². The number of aliphatic carboxylic acids is 3. The molecular formula is C6H9KO8. The Morgan fingerprint density at radius 3 is 1.53 bits per heavy atom. The van der Waals surface area contributed by atoms with Gasteiger partial charge in [-0.2, -0.15) is 0 Å². The molecule has 0 aromatic rings. The molecule has 0 rings (SSSR count). The number of hydrogen-bond acceptors (Lipinski definition) is 5. The second-order valence-electron chi connectivity index (χ2n) is 2.53. The van der Waals surface area contributed by atoms with Gasteiger partial charge in [0.1, 0.15) is 0 Å². The van der Waals surface area contributed by atoms with Crippen LogP contribution in [0.5, 0.6) is 0 Å². The second kappa shape index (κ2) is 7.27. The quantitative estimate of drug-likeness (QED) is 0.214. The molecule has 0 radical (unpaired) electrons. The SMILES string of the molecule is O=C(O)CC(CC(=O)O)(OO)C(=O)O.[H-].[K+]. The molecule has 0 aliphatic heterocycles. The molecular weight excluding hydrogens is 239 g/mol. The van der Waals surface area contributed by atoms with Gasteiger partial charge in [0.2, 0.25) is 5.60 Å². The summed E-state index contributed by atoms with van der Waals surface area (Å²) in [4.78, 5) is 34.4. The van der Waals surface area contributed by atoms with E-state index in [0.29, 0.717) is 0 Å². The van der Waals surface area contributed by atoms with Crippen LogP contribution in [-0.2, 0) is 19.3 Å². The van der Waals surface area contributed by atoms with Gasteiger partial charge in [-0.3, -0.25) is 14.8 Å². The van der Waals surface area contributed by atoms with Crippen molar-refractivity contribution in [2.75, 3.05) is 0 Å². The maximum absolute atomic E-state index is 10.5. The van der Waals surface area contributed by atoms with E-state index < -0.39 is 36.4 Å². The van der Waals surface area contributed by atoms with Gasteiger partial charge in [0.15, 0.2) is 0 Å². The first-order valence-electron chi connectivity index (χ1n) is 3.33. The number of rotatable bonds is 6. The summed E-state index contributed by atoms with van der Waals surface area (Å²) in [6.45, 7) is 0. The van der Waals surface area contributed by atoms with Gasteiger partial charge in [0.05, 0.1) is 12.8 Å². The largest absolute Gasteiger partial charge is 1.00 e. The fourth-order valence-electron chi connectivity index (χ4n) is 0.806. The third-order valence-electron chi connectivity index (χ3n) is 1.44. The van der Waals surface area contributed by atoms with Crippen molar-refractivity contribution in [3.05, 3.63) is 0 Å². The molecule has 0 aromatic carbocycles. The smallest absolute Gasteiger partial charge is 1.00 e. The first-order valence-corrected chi connectivity index (χ1v) is 3.33. The Kier molecular flexibility index (Phi) is 8.42. The molecule has 0 saturated heterocycles. The Hall–Kier alpha value is -0.0336. The van der Waals surface area contributed by atoms with E-state index in [1.165, 1.54) is 0 Å². The van der Waals surface area contributed by atoms with Crippen LogP contribution in [-0.4, -0.2) is 44.1 Å². The van der Waals surface area contributed by atoms with Crippen LogP contribution in [0.3, 0.4) is 0 Å². The van der Waals surface area contributed by atoms with Gasteiger partial charge in [-0.1, -0.05) is 0 Å². The third-order valence-corrected chi connectivity index (χ3v) is 1.44. The Balaban J connectivity index is -0.000000845. The predicted molar refractivity (Wildman–Crippen MR) is 39.7 cm³/mol. The van der Waals surface area contributed by atoms with E-state index in [2.05, 4.69) is 4.89 Å².